The van der Waals surface area contributed by atoms with Gasteiger partial charge in [-0.2, -0.15) is 0 Å². The molecule has 0 unspecified atom stereocenters. The van der Waals surface area contributed by atoms with Crippen LogP contribution in [-0.2, 0) is 0 Å². The van der Waals surface area contributed by atoms with E-state index < -0.39 is 0 Å². The molecule has 128 valence electrons. The van der Waals surface area contributed by atoms with Gasteiger partial charge in [0.2, 0.25) is 0 Å². The van der Waals surface area contributed by atoms with Gasteiger partial charge < -0.3 is 14.5 Å². The van der Waals surface area contributed by atoms with Crippen LogP contribution >= 0.6 is 0 Å². The lowest BCUT2D eigenvalue weighted by Crippen LogP contribution is -2.39. The van der Waals surface area contributed by atoms with Crippen molar-refractivity contribution < 1.29 is 13.9 Å². The Morgan fingerprint density at radius 3 is 2.75 bits per heavy atom. The maximum Gasteiger partial charge on any atom is 0.287 e. The zero-order chi connectivity index (χ0) is 17.1. The van der Waals surface area contributed by atoms with E-state index in [-0.39, 0.29) is 23.1 Å². The maximum atomic E-state index is 12.5. The number of rotatable bonds is 4. The van der Waals surface area contributed by atoms with Gasteiger partial charge in [-0.15, -0.1) is 0 Å². The molecule has 0 saturated heterocycles. The first-order valence-corrected chi connectivity index (χ1v) is 8.52. The fraction of sp³-hybridized carbons (Fsp3) is 0.474. The van der Waals surface area contributed by atoms with Gasteiger partial charge in [-0.05, 0) is 37.8 Å². The number of nitrogens with one attached hydrogen (secondary N) is 1. The lowest BCUT2D eigenvalue weighted by Gasteiger charge is -2.28. The SMILES string of the molecule is COc1cccc2oc(C(=O)N[C@@H](C)C3CCCCC3)cc(=O)c12. The Morgan fingerprint density at radius 1 is 1.29 bits per heavy atom. The summed E-state index contributed by atoms with van der Waals surface area (Å²) < 4.78 is 10.8. The van der Waals surface area contributed by atoms with E-state index in [9.17, 15) is 9.59 Å². The first-order valence-electron chi connectivity index (χ1n) is 8.52. The fourth-order valence-corrected chi connectivity index (χ4v) is 3.49. The molecule has 5 nitrogen and oxygen atoms in total. The number of methoxy groups -OCH3 is 1. The molecule has 0 radical (unpaired) electrons. The highest BCUT2D eigenvalue weighted by atomic mass is 16.5. The van der Waals surface area contributed by atoms with Crippen molar-refractivity contribution >= 4 is 16.9 Å². The Labute approximate surface area is 141 Å². The molecule has 1 saturated carbocycles. The minimum absolute atomic E-state index is 0.0448. The third kappa shape index (κ3) is 3.30. The van der Waals surface area contributed by atoms with Crippen molar-refractivity contribution in [1.82, 2.24) is 5.32 Å². The largest absolute Gasteiger partial charge is 0.496 e. The first-order chi connectivity index (χ1) is 11.6. The van der Waals surface area contributed by atoms with Gasteiger partial charge in [-0.25, -0.2) is 0 Å². The number of carbonyl (C=O) groups excluding carboxylic acids is 1. The summed E-state index contributed by atoms with van der Waals surface area (Å²) in [5.41, 5.74) is 0.0847. The molecule has 0 aliphatic heterocycles. The summed E-state index contributed by atoms with van der Waals surface area (Å²) in [5, 5.41) is 3.34. The molecule has 1 aromatic heterocycles. The van der Waals surface area contributed by atoms with Crippen LogP contribution in [-0.4, -0.2) is 19.1 Å². The van der Waals surface area contributed by atoms with Crippen molar-refractivity contribution in [3.63, 3.8) is 0 Å². The molecule has 1 aromatic carbocycles. The molecule has 1 fully saturated rings. The van der Waals surface area contributed by atoms with Crippen molar-refractivity contribution in [2.45, 2.75) is 45.1 Å². The molecular formula is C19H23NO4. The van der Waals surface area contributed by atoms with Crippen LogP contribution in [0.15, 0.2) is 33.5 Å². The van der Waals surface area contributed by atoms with Gasteiger partial charge in [0.15, 0.2) is 11.2 Å². The summed E-state index contributed by atoms with van der Waals surface area (Å²) in [6.45, 7) is 2.02. The molecule has 3 rings (SSSR count). The number of benzene rings is 1. The summed E-state index contributed by atoms with van der Waals surface area (Å²) in [4.78, 5) is 24.8. The second kappa shape index (κ2) is 7.07. The molecule has 24 heavy (non-hydrogen) atoms. The van der Waals surface area contributed by atoms with Gasteiger partial charge in [0.1, 0.15) is 16.7 Å². The Hall–Kier alpha value is -2.30. The summed E-state index contributed by atoms with van der Waals surface area (Å²) in [6.07, 6.45) is 5.99. The van der Waals surface area contributed by atoms with Crippen LogP contribution in [0.2, 0.25) is 0 Å². The van der Waals surface area contributed by atoms with E-state index in [1.54, 1.807) is 18.2 Å². The second-order valence-corrected chi connectivity index (χ2v) is 6.47. The van der Waals surface area contributed by atoms with E-state index in [1.165, 1.54) is 32.4 Å². The van der Waals surface area contributed by atoms with Gasteiger partial charge in [-0.1, -0.05) is 25.3 Å². The monoisotopic (exact) mass is 329 g/mol. The first kappa shape index (κ1) is 16.6. The zero-order valence-electron chi connectivity index (χ0n) is 14.1. The van der Waals surface area contributed by atoms with Crippen LogP contribution in [0.4, 0.5) is 0 Å². The highest BCUT2D eigenvalue weighted by molar-refractivity contribution is 5.94. The lowest BCUT2D eigenvalue weighted by molar-refractivity contribution is 0.0891. The third-order valence-corrected chi connectivity index (χ3v) is 4.88. The van der Waals surface area contributed by atoms with Crippen LogP contribution in [0.3, 0.4) is 0 Å². The highest BCUT2D eigenvalue weighted by Crippen LogP contribution is 2.27. The van der Waals surface area contributed by atoms with Gasteiger partial charge in [-0.3, -0.25) is 9.59 Å². The molecule has 1 aliphatic carbocycles. The Morgan fingerprint density at radius 2 is 2.04 bits per heavy atom. The average Bonchev–Trinajstić information content (AvgIpc) is 2.61. The van der Waals surface area contributed by atoms with Crippen LogP contribution in [0.5, 0.6) is 5.75 Å². The smallest absolute Gasteiger partial charge is 0.287 e. The predicted molar refractivity (Wildman–Crippen MR) is 92.5 cm³/mol. The molecule has 1 heterocycles. The third-order valence-electron chi connectivity index (χ3n) is 4.88. The summed E-state index contributed by atoms with van der Waals surface area (Å²) in [6, 6.07) is 6.42. The highest BCUT2D eigenvalue weighted by Gasteiger charge is 2.23. The minimum atomic E-state index is -0.338. The minimum Gasteiger partial charge on any atom is -0.496 e. The Kier molecular flexibility index (Phi) is 4.88. The van der Waals surface area contributed by atoms with Crippen molar-refractivity contribution in [3.05, 3.63) is 40.2 Å². The fourth-order valence-electron chi connectivity index (χ4n) is 3.49. The van der Waals surface area contributed by atoms with Crippen molar-refractivity contribution in [2.24, 2.45) is 5.92 Å². The Bertz CT molecular complexity index is 790. The van der Waals surface area contributed by atoms with Crippen LogP contribution in [0.1, 0.15) is 49.6 Å². The average molecular weight is 329 g/mol. The molecule has 1 aliphatic rings. The molecule has 1 N–H and O–H groups in total. The zero-order valence-corrected chi connectivity index (χ0v) is 14.1. The number of hydrogen-bond donors (Lipinski definition) is 1. The van der Waals surface area contributed by atoms with E-state index in [1.807, 2.05) is 6.92 Å². The van der Waals surface area contributed by atoms with E-state index >= 15 is 0 Å². The summed E-state index contributed by atoms with van der Waals surface area (Å²) in [5.74, 6) is 0.650. The molecule has 1 atom stereocenters. The number of hydrogen-bond acceptors (Lipinski definition) is 4. The topological polar surface area (TPSA) is 68.5 Å². The lowest BCUT2D eigenvalue weighted by atomic mass is 9.84. The van der Waals surface area contributed by atoms with Crippen LogP contribution in [0.25, 0.3) is 11.0 Å². The van der Waals surface area contributed by atoms with E-state index in [0.717, 1.165) is 12.8 Å². The molecule has 5 heteroatoms. The van der Waals surface area contributed by atoms with Crippen molar-refractivity contribution in [3.8, 4) is 5.75 Å². The van der Waals surface area contributed by atoms with Crippen LogP contribution < -0.4 is 15.5 Å². The van der Waals surface area contributed by atoms with Gasteiger partial charge >= 0.3 is 0 Å². The second-order valence-electron chi connectivity index (χ2n) is 6.47. The Balaban J connectivity index is 1.83. The van der Waals surface area contributed by atoms with Crippen molar-refractivity contribution in [1.29, 1.82) is 0 Å². The molecule has 1 amide bonds. The number of carbonyl (C=O) groups is 1. The van der Waals surface area contributed by atoms with E-state index in [2.05, 4.69) is 5.32 Å². The molecule has 2 aromatic rings. The number of amides is 1. The normalized spacial score (nSPS) is 16.8. The van der Waals surface area contributed by atoms with Gasteiger partial charge in [0, 0.05) is 12.1 Å². The van der Waals surface area contributed by atoms with Crippen LogP contribution in [0, 0.1) is 5.92 Å². The quantitative estimate of drug-likeness (QED) is 0.932. The van der Waals surface area contributed by atoms with Crippen molar-refractivity contribution in [2.75, 3.05) is 7.11 Å². The molecular weight excluding hydrogens is 306 g/mol. The number of ether oxygens (including phenoxy) is 1. The van der Waals surface area contributed by atoms with Gasteiger partial charge in [0.25, 0.3) is 5.91 Å². The van der Waals surface area contributed by atoms with Gasteiger partial charge in [0.05, 0.1) is 7.11 Å². The molecule has 0 bridgehead atoms. The number of fused-ring (bicyclic) bond motifs is 1. The predicted octanol–water partition coefficient (Wildman–Crippen LogP) is 3.50. The maximum absolute atomic E-state index is 12.5. The van der Waals surface area contributed by atoms with E-state index in [4.69, 9.17) is 9.15 Å². The standard InChI is InChI=1S/C19H23NO4/c1-12(13-7-4-3-5-8-13)20-19(22)17-11-14(21)18-15(23-2)9-6-10-16(18)24-17/h6,9-13H,3-5,7-8H2,1-2H3,(H,20,22)/t12-/m0/s1. The summed E-state index contributed by atoms with van der Waals surface area (Å²) in [7, 11) is 1.50. The molecule has 0 spiro atoms. The summed E-state index contributed by atoms with van der Waals surface area (Å²) >= 11 is 0. The van der Waals surface area contributed by atoms with E-state index in [0.29, 0.717) is 22.6 Å².